The lowest BCUT2D eigenvalue weighted by molar-refractivity contribution is -0.130. The fourth-order valence-electron chi connectivity index (χ4n) is 3.50. The maximum Gasteiger partial charge on any atom is 0.325 e. The van der Waals surface area contributed by atoms with E-state index in [0.29, 0.717) is 21.9 Å². The summed E-state index contributed by atoms with van der Waals surface area (Å²) in [4.78, 5) is 27.5. The molecule has 3 amide bonds. The van der Waals surface area contributed by atoms with E-state index in [4.69, 9.17) is 16.3 Å². The topological polar surface area (TPSA) is 58.6 Å². The van der Waals surface area contributed by atoms with Gasteiger partial charge in [-0.15, -0.1) is 0 Å². The van der Waals surface area contributed by atoms with Crippen molar-refractivity contribution in [2.45, 2.75) is 5.54 Å². The van der Waals surface area contributed by atoms with Gasteiger partial charge in [-0.1, -0.05) is 72.3 Å². The van der Waals surface area contributed by atoms with Gasteiger partial charge in [0.25, 0.3) is 5.91 Å². The van der Waals surface area contributed by atoms with Crippen LogP contribution in [0, 0.1) is 0 Å². The Morgan fingerprint density at radius 1 is 0.828 bits per heavy atom. The van der Waals surface area contributed by atoms with Crippen molar-refractivity contribution in [2.24, 2.45) is 0 Å². The molecule has 3 aromatic rings. The van der Waals surface area contributed by atoms with Gasteiger partial charge in [0.2, 0.25) is 0 Å². The highest BCUT2D eigenvalue weighted by atomic mass is 35.5. The van der Waals surface area contributed by atoms with Crippen LogP contribution in [0.15, 0.2) is 84.9 Å². The molecule has 3 aromatic carbocycles. The average molecular weight is 407 g/mol. The van der Waals surface area contributed by atoms with Crippen molar-refractivity contribution in [1.82, 2.24) is 10.2 Å². The van der Waals surface area contributed by atoms with Crippen molar-refractivity contribution in [3.8, 4) is 5.75 Å². The number of nitrogens with zero attached hydrogens (tertiary/aromatic N) is 1. The molecule has 0 bridgehead atoms. The zero-order chi connectivity index (χ0) is 20.3. The molecule has 0 saturated carbocycles. The summed E-state index contributed by atoms with van der Waals surface area (Å²) >= 11 is 5.87. The molecule has 0 spiro atoms. The molecule has 0 aromatic heterocycles. The van der Waals surface area contributed by atoms with Crippen molar-refractivity contribution in [3.05, 3.63) is 101 Å². The van der Waals surface area contributed by atoms with Crippen LogP contribution in [0.3, 0.4) is 0 Å². The van der Waals surface area contributed by atoms with Gasteiger partial charge in [-0.25, -0.2) is 4.79 Å². The van der Waals surface area contributed by atoms with Crippen LogP contribution >= 0.6 is 11.6 Å². The molecule has 0 unspecified atom stereocenters. The minimum absolute atomic E-state index is 0.134. The Bertz CT molecular complexity index is 968. The first-order valence-corrected chi connectivity index (χ1v) is 9.62. The van der Waals surface area contributed by atoms with Gasteiger partial charge >= 0.3 is 6.03 Å². The van der Waals surface area contributed by atoms with Crippen molar-refractivity contribution >= 4 is 23.5 Å². The highest BCUT2D eigenvalue weighted by Crippen LogP contribution is 2.35. The van der Waals surface area contributed by atoms with E-state index in [-0.39, 0.29) is 19.1 Å². The van der Waals surface area contributed by atoms with Gasteiger partial charge in [-0.3, -0.25) is 9.69 Å². The van der Waals surface area contributed by atoms with E-state index in [1.54, 1.807) is 24.3 Å². The maximum atomic E-state index is 13.5. The molecule has 1 aliphatic rings. The van der Waals surface area contributed by atoms with Gasteiger partial charge in [0, 0.05) is 5.02 Å². The van der Waals surface area contributed by atoms with Crippen LogP contribution in [0.1, 0.15) is 11.1 Å². The molecule has 146 valence electrons. The zero-order valence-electron chi connectivity index (χ0n) is 15.5. The van der Waals surface area contributed by atoms with Crippen LogP contribution in [0.25, 0.3) is 0 Å². The van der Waals surface area contributed by atoms with E-state index < -0.39 is 11.6 Å². The lowest BCUT2D eigenvalue weighted by Crippen LogP contribution is -2.45. The first kappa shape index (κ1) is 19.0. The van der Waals surface area contributed by atoms with E-state index in [9.17, 15) is 9.59 Å². The Balaban J connectivity index is 1.59. The van der Waals surface area contributed by atoms with Gasteiger partial charge < -0.3 is 10.1 Å². The quantitative estimate of drug-likeness (QED) is 0.624. The van der Waals surface area contributed by atoms with E-state index in [2.05, 4.69) is 5.32 Å². The van der Waals surface area contributed by atoms with Crippen molar-refractivity contribution < 1.29 is 14.3 Å². The third-order valence-corrected chi connectivity index (χ3v) is 5.17. The number of nitrogens with one attached hydrogen (secondary N) is 1. The van der Waals surface area contributed by atoms with E-state index >= 15 is 0 Å². The van der Waals surface area contributed by atoms with Gasteiger partial charge in [-0.2, -0.15) is 0 Å². The highest BCUT2D eigenvalue weighted by molar-refractivity contribution is 6.30. The standard InChI is InChI=1S/C23H19ClN2O3/c24-19-11-13-20(14-12-19)29-16-15-26-21(27)23(25-22(26)28,17-7-3-1-4-8-17)18-9-5-2-6-10-18/h1-14H,15-16H2,(H,25,28). The molecule has 0 aliphatic carbocycles. The Morgan fingerprint density at radius 2 is 1.38 bits per heavy atom. The number of halogens is 1. The second kappa shape index (κ2) is 7.97. The molecule has 1 N–H and O–H groups in total. The number of hydrogen-bond acceptors (Lipinski definition) is 3. The largest absolute Gasteiger partial charge is 0.492 e. The molecule has 1 aliphatic heterocycles. The summed E-state index contributed by atoms with van der Waals surface area (Å²) < 4.78 is 5.67. The lowest BCUT2D eigenvalue weighted by atomic mass is 9.82. The summed E-state index contributed by atoms with van der Waals surface area (Å²) in [6.45, 7) is 0.315. The number of carbonyl (C=O) groups is 2. The molecule has 5 nitrogen and oxygen atoms in total. The van der Waals surface area contributed by atoms with Crippen LogP contribution < -0.4 is 10.1 Å². The summed E-state index contributed by atoms with van der Waals surface area (Å²) in [7, 11) is 0. The normalized spacial score (nSPS) is 15.3. The fourth-order valence-corrected chi connectivity index (χ4v) is 3.62. The van der Waals surface area contributed by atoms with Gasteiger partial charge in [-0.05, 0) is 35.4 Å². The van der Waals surface area contributed by atoms with Crippen molar-refractivity contribution in [2.75, 3.05) is 13.2 Å². The minimum atomic E-state index is -1.25. The molecule has 4 rings (SSSR count). The number of imide groups is 1. The maximum absolute atomic E-state index is 13.5. The molecular weight excluding hydrogens is 388 g/mol. The van der Waals surface area contributed by atoms with Crippen LogP contribution in [0.2, 0.25) is 5.02 Å². The summed E-state index contributed by atoms with van der Waals surface area (Å²) in [5, 5.41) is 3.53. The second-order valence-electron chi connectivity index (χ2n) is 6.67. The Hall–Kier alpha value is -3.31. The number of benzene rings is 3. The van der Waals surface area contributed by atoms with Gasteiger partial charge in [0.05, 0.1) is 6.54 Å². The third kappa shape index (κ3) is 3.57. The van der Waals surface area contributed by atoms with E-state index in [1.807, 2.05) is 60.7 Å². The number of carbonyl (C=O) groups excluding carboxylic acids is 2. The van der Waals surface area contributed by atoms with Gasteiger partial charge in [0.15, 0.2) is 5.54 Å². The zero-order valence-corrected chi connectivity index (χ0v) is 16.3. The first-order valence-electron chi connectivity index (χ1n) is 9.25. The second-order valence-corrected chi connectivity index (χ2v) is 7.11. The molecular formula is C23H19ClN2O3. The van der Waals surface area contributed by atoms with Crippen LogP contribution in [-0.2, 0) is 10.3 Å². The molecule has 29 heavy (non-hydrogen) atoms. The summed E-state index contributed by atoms with van der Waals surface area (Å²) in [5.74, 6) is 0.304. The number of ether oxygens (including phenoxy) is 1. The monoisotopic (exact) mass is 406 g/mol. The molecule has 0 atom stereocenters. The lowest BCUT2D eigenvalue weighted by Gasteiger charge is -2.28. The van der Waals surface area contributed by atoms with Gasteiger partial charge in [0.1, 0.15) is 12.4 Å². The van der Waals surface area contributed by atoms with Crippen molar-refractivity contribution in [1.29, 1.82) is 0 Å². The third-order valence-electron chi connectivity index (χ3n) is 4.92. The summed E-state index contributed by atoms with van der Waals surface area (Å²) in [5.41, 5.74) is 0.177. The van der Waals surface area contributed by atoms with Crippen LogP contribution in [-0.4, -0.2) is 30.0 Å². The Labute approximate surface area is 173 Å². The van der Waals surface area contributed by atoms with E-state index in [0.717, 1.165) is 0 Å². The Morgan fingerprint density at radius 3 is 1.93 bits per heavy atom. The number of amides is 3. The van der Waals surface area contributed by atoms with Crippen molar-refractivity contribution in [3.63, 3.8) is 0 Å². The predicted molar refractivity (Wildman–Crippen MR) is 111 cm³/mol. The fraction of sp³-hybridized carbons (Fsp3) is 0.130. The molecule has 0 radical (unpaired) electrons. The van der Waals surface area contributed by atoms with Crippen LogP contribution in [0.5, 0.6) is 5.75 Å². The highest BCUT2D eigenvalue weighted by Gasteiger charge is 2.53. The van der Waals surface area contributed by atoms with Crippen LogP contribution in [0.4, 0.5) is 4.79 Å². The average Bonchev–Trinajstić information content (AvgIpc) is 3.02. The minimum Gasteiger partial charge on any atom is -0.492 e. The Kier molecular flexibility index (Phi) is 5.23. The first-order chi connectivity index (χ1) is 14.1. The number of urea groups is 1. The smallest absolute Gasteiger partial charge is 0.325 e. The summed E-state index contributed by atoms with van der Waals surface area (Å²) in [6, 6.07) is 25.0. The molecule has 1 saturated heterocycles. The molecule has 1 fully saturated rings. The number of hydrogen-bond donors (Lipinski definition) is 1. The SMILES string of the molecule is O=C1NC(c2ccccc2)(c2ccccc2)C(=O)N1CCOc1ccc(Cl)cc1. The molecule has 1 heterocycles. The predicted octanol–water partition coefficient (Wildman–Crippen LogP) is 4.21. The summed E-state index contributed by atoms with van der Waals surface area (Å²) in [6.07, 6.45) is 0. The molecule has 6 heteroatoms. The van der Waals surface area contributed by atoms with E-state index in [1.165, 1.54) is 4.90 Å². The number of rotatable bonds is 6.